The second-order valence-corrected chi connectivity index (χ2v) is 4.96. The molecular formula is C14H12Cl2N2O. The molecule has 19 heavy (non-hydrogen) atoms. The predicted octanol–water partition coefficient (Wildman–Crippen LogP) is 3.51. The Balaban J connectivity index is 2.03. The Morgan fingerprint density at radius 1 is 1.05 bits per heavy atom. The van der Waals surface area contributed by atoms with Gasteiger partial charge >= 0.3 is 0 Å². The van der Waals surface area contributed by atoms with E-state index in [1.54, 1.807) is 30.3 Å². The first kappa shape index (κ1) is 13.7. The van der Waals surface area contributed by atoms with Crippen LogP contribution in [0.5, 0.6) is 0 Å². The molecule has 2 aromatic rings. The number of halogens is 2. The number of nitrogens with one attached hydrogen (secondary N) is 1. The zero-order chi connectivity index (χ0) is 13.8. The molecule has 0 bridgehead atoms. The molecule has 1 amide bonds. The number of nitrogens with two attached hydrogens (primary N) is 1. The molecule has 2 aromatic carbocycles. The monoisotopic (exact) mass is 294 g/mol. The minimum atomic E-state index is -0.218. The molecule has 0 atom stereocenters. The molecule has 0 unspecified atom stereocenters. The maximum atomic E-state index is 11.9. The summed E-state index contributed by atoms with van der Waals surface area (Å²) < 4.78 is 0. The summed E-state index contributed by atoms with van der Waals surface area (Å²) in [5.74, 6) is -0.218. The van der Waals surface area contributed by atoms with Crippen LogP contribution in [-0.2, 0) is 6.54 Å². The van der Waals surface area contributed by atoms with E-state index in [9.17, 15) is 4.79 Å². The van der Waals surface area contributed by atoms with Crippen molar-refractivity contribution in [3.05, 3.63) is 63.6 Å². The summed E-state index contributed by atoms with van der Waals surface area (Å²) >= 11 is 11.6. The second-order valence-electron chi connectivity index (χ2n) is 4.08. The van der Waals surface area contributed by atoms with E-state index in [0.29, 0.717) is 27.8 Å². The number of anilines is 1. The highest BCUT2D eigenvalue weighted by Gasteiger charge is 2.07. The third-order valence-electron chi connectivity index (χ3n) is 2.55. The van der Waals surface area contributed by atoms with Gasteiger partial charge in [0.1, 0.15) is 0 Å². The number of hydrogen-bond donors (Lipinski definition) is 2. The lowest BCUT2D eigenvalue weighted by Gasteiger charge is -2.07. The molecule has 3 nitrogen and oxygen atoms in total. The molecule has 0 radical (unpaired) electrons. The van der Waals surface area contributed by atoms with Crippen molar-refractivity contribution in [3.8, 4) is 0 Å². The molecular weight excluding hydrogens is 283 g/mol. The van der Waals surface area contributed by atoms with E-state index in [4.69, 9.17) is 28.9 Å². The first-order chi connectivity index (χ1) is 9.04. The fraction of sp³-hybridized carbons (Fsp3) is 0.0714. The van der Waals surface area contributed by atoms with Gasteiger partial charge in [-0.1, -0.05) is 35.3 Å². The van der Waals surface area contributed by atoms with Crippen molar-refractivity contribution in [2.75, 3.05) is 5.73 Å². The predicted molar refractivity (Wildman–Crippen MR) is 78.5 cm³/mol. The quantitative estimate of drug-likeness (QED) is 0.851. The Labute approximate surface area is 121 Å². The minimum absolute atomic E-state index is 0.218. The Hall–Kier alpha value is -1.71. The number of benzene rings is 2. The zero-order valence-electron chi connectivity index (χ0n) is 9.99. The SMILES string of the molecule is Nc1cc(Cl)cc(C(=O)NCc2ccc(Cl)cc2)c1. The number of carbonyl (C=O) groups is 1. The molecule has 0 spiro atoms. The fourth-order valence-electron chi connectivity index (χ4n) is 1.63. The lowest BCUT2D eigenvalue weighted by Crippen LogP contribution is -2.22. The van der Waals surface area contributed by atoms with Crippen LogP contribution in [0.4, 0.5) is 5.69 Å². The van der Waals surface area contributed by atoms with E-state index < -0.39 is 0 Å². The topological polar surface area (TPSA) is 55.1 Å². The molecule has 0 aliphatic rings. The van der Waals surface area contributed by atoms with E-state index in [1.165, 1.54) is 0 Å². The minimum Gasteiger partial charge on any atom is -0.399 e. The zero-order valence-corrected chi connectivity index (χ0v) is 11.5. The van der Waals surface area contributed by atoms with Crippen molar-refractivity contribution in [2.24, 2.45) is 0 Å². The normalized spacial score (nSPS) is 10.2. The van der Waals surface area contributed by atoms with Gasteiger partial charge < -0.3 is 11.1 Å². The first-order valence-electron chi connectivity index (χ1n) is 5.63. The van der Waals surface area contributed by atoms with Gasteiger partial charge in [0.15, 0.2) is 0 Å². The molecule has 0 aromatic heterocycles. The number of amides is 1. The van der Waals surface area contributed by atoms with Gasteiger partial charge in [-0.05, 0) is 35.9 Å². The van der Waals surface area contributed by atoms with Crippen molar-refractivity contribution in [1.82, 2.24) is 5.32 Å². The van der Waals surface area contributed by atoms with E-state index in [2.05, 4.69) is 5.32 Å². The number of carbonyl (C=O) groups excluding carboxylic acids is 1. The van der Waals surface area contributed by atoms with Gasteiger partial charge in [-0.2, -0.15) is 0 Å². The van der Waals surface area contributed by atoms with Gasteiger partial charge in [0.25, 0.3) is 5.91 Å². The smallest absolute Gasteiger partial charge is 0.251 e. The van der Waals surface area contributed by atoms with Crippen LogP contribution in [0.25, 0.3) is 0 Å². The number of nitrogen functional groups attached to an aromatic ring is 1. The highest BCUT2D eigenvalue weighted by Crippen LogP contribution is 2.16. The van der Waals surface area contributed by atoms with Gasteiger partial charge in [-0.15, -0.1) is 0 Å². The fourth-order valence-corrected chi connectivity index (χ4v) is 2.00. The summed E-state index contributed by atoms with van der Waals surface area (Å²) in [6, 6.07) is 12.0. The van der Waals surface area contributed by atoms with Crippen LogP contribution in [0.1, 0.15) is 15.9 Å². The maximum Gasteiger partial charge on any atom is 0.251 e. The maximum absolute atomic E-state index is 11.9. The van der Waals surface area contributed by atoms with Crippen LogP contribution in [0.2, 0.25) is 10.0 Å². The van der Waals surface area contributed by atoms with Crippen LogP contribution < -0.4 is 11.1 Å². The van der Waals surface area contributed by atoms with Crippen LogP contribution in [0.15, 0.2) is 42.5 Å². The lowest BCUT2D eigenvalue weighted by molar-refractivity contribution is 0.0951. The van der Waals surface area contributed by atoms with Crippen LogP contribution in [0.3, 0.4) is 0 Å². The average molecular weight is 295 g/mol. The molecule has 2 rings (SSSR count). The Kier molecular flexibility index (Phi) is 4.30. The third-order valence-corrected chi connectivity index (χ3v) is 3.02. The third kappa shape index (κ3) is 3.88. The summed E-state index contributed by atoms with van der Waals surface area (Å²) in [7, 11) is 0. The van der Waals surface area contributed by atoms with Crippen molar-refractivity contribution in [2.45, 2.75) is 6.54 Å². The summed E-state index contributed by atoms with van der Waals surface area (Å²) in [5, 5.41) is 3.90. The highest BCUT2D eigenvalue weighted by molar-refractivity contribution is 6.31. The Morgan fingerprint density at radius 3 is 2.37 bits per heavy atom. The van der Waals surface area contributed by atoms with Gasteiger partial charge in [0.2, 0.25) is 0 Å². The van der Waals surface area contributed by atoms with Crippen molar-refractivity contribution in [3.63, 3.8) is 0 Å². The van der Waals surface area contributed by atoms with E-state index in [0.717, 1.165) is 5.56 Å². The van der Waals surface area contributed by atoms with Gasteiger partial charge in [0, 0.05) is 27.8 Å². The summed E-state index contributed by atoms with van der Waals surface area (Å²) in [4.78, 5) is 11.9. The highest BCUT2D eigenvalue weighted by atomic mass is 35.5. The molecule has 0 saturated heterocycles. The molecule has 0 fully saturated rings. The second kappa shape index (κ2) is 5.95. The molecule has 0 saturated carbocycles. The average Bonchev–Trinajstić information content (AvgIpc) is 2.36. The Morgan fingerprint density at radius 2 is 1.74 bits per heavy atom. The Bertz CT molecular complexity index is 577. The van der Waals surface area contributed by atoms with Crippen LogP contribution in [-0.4, -0.2) is 5.91 Å². The van der Waals surface area contributed by atoms with Gasteiger partial charge in [0.05, 0.1) is 0 Å². The van der Waals surface area contributed by atoms with E-state index in [1.807, 2.05) is 12.1 Å². The molecule has 98 valence electrons. The molecule has 5 heteroatoms. The van der Waals surface area contributed by atoms with Crippen molar-refractivity contribution in [1.29, 1.82) is 0 Å². The summed E-state index contributed by atoms with van der Waals surface area (Å²) in [6.07, 6.45) is 0. The molecule has 0 heterocycles. The van der Waals surface area contributed by atoms with Crippen molar-refractivity contribution < 1.29 is 4.79 Å². The van der Waals surface area contributed by atoms with Gasteiger partial charge in [-0.3, -0.25) is 4.79 Å². The molecule has 3 N–H and O–H groups in total. The summed E-state index contributed by atoms with van der Waals surface area (Å²) in [6.45, 7) is 0.419. The largest absolute Gasteiger partial charge is 0.399 e. The first-order valence-corrected chi connectivity index (χ1v) is 6.39. The van der Waals surface area contributed by atoms with Crippen LogP contribution >= 0.6 is 23.2 Å². The summed E-state index contributed by atoms with van der Waals surface area (Å²) in [5.41, 5.74) is 7.51. The van der Waals surface area contributed by atoms with Gasteiger partial charge in [-0.25, -0.2) is 0 Å². The van der Waals surface area contributed by atoms with E-state index >= 15 is 0 Å². The van der Waals surface area contributed by atoms with E-state index in [-0.39, 0.29) is 5.91 Å². The van der Waals surface area contributed by atoms with Crippen LogP contribution in [0, 0.1) is 0 Å². The molecule has 0 aliphatic carbocycles. The lowest BCUT2D eigenvalue weighted by atomic mass is 10.1. The number of rotatable bonds is 3. The number of hydrogen-bond acceptors (Lipinski definition) is 2. The standard InChI is InChI=1S/C14H12Cl2N2O/c15-11-3-1-9(2-4-11)8-18-14(19)10-5-12(16)7-13(17)6-10/h1-7H,8,17H2,(H,18,19). The molecule has 0 aliphatic heterocycles. The van der Waals surface area contributed by atoms with Crippen molar-refractivity contribution >= 4 is 34.8 Å².